The van der Waals surface area contributed by atoms with Gasteiger partial charge in [0, 0.05) is 6.20 Å². The largest absolute Gasteiger partial charge is 0.506 e. The van der Waals surface area contributed by atoms with Crippen LogP contribution in [0.2, 0.25) is 0 Å². The third kappa shape index (κ3) is 2.76. The van der Waals surface area contributed by atoms with Crippen molar-refractivity contribution in [3.05, 3.63) is 23.5 Å². The van der Waals surface area contributed by atoms with Gasteiger partial charge in [0.25, 0.3) is 0 Å². The molecular formula is C14H14N2O6. The number of ether oxygens (including phenoxy) is 2. The quantitative estimate of drug-likeness (QED) is 0.800. The molecule has 0 aliphatic carbocycles. The van der Waals surface area contributed by atoms with Gasteiger partial charge in [-0.05, 0) is 19.9 Å². The van der Waals surface area contributed by atoms with Crippen LogP contribution < -0.4 is 4.74 Å². The molecule has 0 aliphatic rings. The molecule has 2 rings (SSSR count). The maximum Gasteiger partial charge on any atom is 0.358 e. The number of pyridine rings is 2. The second-order valence-corrected chi connectivity index (χ2v) is 4.19. The summed E-state index contributed by atoms with van der Waals surface area (Å²) in [6.07, 6.45) is 1.09. The van der Waals surface area contributed by atoms with Crippen LogP contribution >= 0.6 is 0 Å². The summed E-state index contributed by atoms with van der Waals surface area (Å²) >= 11 is 0. The van der Waals surface area contributed by atoms with E-state index in [2.05, 4.69) is 9.97 Å². The standard InChI is InChI=1S/C14H14N2O6/c1-3-21-9-5-7-11(17)8(14(20)22-4-2)6-15-12(7)16-10(9)13(18)19/h5-6H,3-4H2,1-2H3,(H,18,19)(H,15,16,17). The first-order chi connectivity index (χ1) is 10.5. The van der Waals surface area contributed by atoms with Crippen LogP contribution in [0.15, 0.2) is 12.3 Å². The van der Waals surface area contributed by atoms with Crippen molar-refractivity contribution in [3.63, 3.8) is 0 Å². The molecule has 0 aliphatic heterocycles. The van der Waals surface area contributed by atoms with Crippen molar-refractivity contribution < 1.29 is 29.3 Å². The Morgan fingerprint density at radius 1 is 1.27 bits per heavy atom. The van der Waals surface area contributed by atoms with Gasteiger partial charge in [-0.3, -0.25) is 0 Å². The number of carboxylic acids is 1. The maximum atomic E-state index is 11.7. The summed E-state index contributed by atoms with van der Waals surface area (Å²) in [5.41, 5.74) is -0.446. The summed E-state index contributed by atoms with van der Waals surface area (Å²) < 4.78 is 10.0. The summed E-state index contributed by atoms with van der Waals surface area (Å²) in [5.74, 6) is -2.40. The van der Waals surface area contributed by atoms with Crippen molar-refractivity contribution in [1.29, 1.82) is 0 Å². The normalized spacial score (nSPS) is 10.5. The van der Waals surface area contributed by atoms with E-state index in [1.165, 1.54) is 6.07 Å². The number of aromatic hydroxyl groups is 1. The molecule has 0 atom stereocenters. The monoisotopic (exact) mass is 306 g/mol. The summed E-state index contributed by atoms with van der Waals surface area (Å²) in [6, 6.07) is 1.29. The van der Waals surface area contributed by atoms with Crippen LogP contribution in [0.25, 0.3) is 11.0 Å². The van der Waals surface area contributed by atoms with E-state index in [4.69, 9.17) is 14.6 Å². The molecule has 0 saturated heterocycles. The number of carbonyl (C=O) groups is 2. The minimum absolute atomic E-state index is 0.00796. The van der Waals surface area contributed by atoms with Gasteiger partial charge in [-0.1, -0.05) is 0 Å². The highest BCUT2D eigenvalue weighted by Crippen LogP contribution is 2.31. The van der Waals surface area contributed by atoms with E-state index >= 15 is 0 Å². The van der Waals surface area contributed by atoms with Crippen molar-refractivity contribution in [2.24, 2.45) is 0 Å². The molecule has 2 aromatic rings. The Hall–Kier alpha value is -2.90. The molecule has 116 valence electrons. The third-order valence-electron chi connectivity index (χ3n) is 2.79. The van der Waals surface area contributed by atoms with E-state index in [1.54, 1.807) is 13.8 Å². The lowest BCUT2D eigenvalue weighted by Crippen LogP contribution is -2.09. The summed E-state index contributed by atoms with van der Waals surface area (Å²) in [7, 11) is 0. The predicted molar refractivity (Wildman–Crippen MR) is 75.3 cm³/mol. The Labute approximate surface area is 125 Å². The average molecular weight is 306 g/mol. The summed E-state index contributed by atoms with van der Waals surface area (Å²) in [4.78, 5) is 30.7. The van der Waals surface area contributed by atoms with Crippen molar-refractivity contribution in [1.82, 2.24) is 9.97 Å². The van der Waals surface area contributed by atoms with E-state index in [0.29, 0.717) is 0 Å². The highest BCUT2D eigenvalue weighted by molar-refractivity contribution is 6.00. The van der Waals surface area contributed by atoms with Gasteiger partial charge >= 0.3 is 11.9 Å². The highest BCUT2D eigenvalue weighted by atomic mass is 16.5. The number of hydrogen-bond acceptors (Lipinski definition) is 7. The molecule has 0 spiro atoms. The third-order valence-corrected chi connectivity index (χ3v) is 2.79. The molecule has 22 heavy (non-hydrogen) atoms. The number of aromatic carboxylic acids is 1. The lowest BCUT2D eigenvalue weighted by Gasteiger charge is -2.10. The number of fused-ring (bicyclic) bond motifs is 1. The minimum atomic E-state index is -1.28. The molecule has 0 radical (unpaired) electrons. The van der Waals surface area contributed by atoms with E-state index in [-0.39, 0.29) is 47.0 Å². The SMILES string of the molecule is CCOC(=O)c1cnc2nc(C(=O)O)c(OCC)cc2c1O. The van der Waals surface area contributed by atoms with Crippen LogP contribution in [0.5, 0.6) is 11.5 Å². The predicted octanol–water partition coefficient (Wildman–Crippen LogP) is 1.61. The maximum absolute atomic E-state index is 11.7. The van der Waals surface area contributed by atoms with Crippen LogP contribution in [0, 0.1) is 0 Å². The minimum Gasteiger partial charge on any atom is -0.506 e. The van der Waals surface area contributed by atoms with Crippen molar-refractivity contribution in [3.8, 4) is 11.5 Å². The van der Waals surface area contributed by atoms with E-state index in [9.17, 15) is 14.7 Å². The van der Waals surface area contributed by atoms with E-state index in [0.717, 1.165) is 6.20 Å². The average Bonchev–Trinajstić information content (AvgIpc) is 2.48. The van der Waals surface area contributed by atoms with Crippen LogP contribution in [0.4, 0.5) is 0 Å². The molecule has 0 fully saturated rings. The topological polar surface area (TPSA) is 119 Å². The lowest BCUT2D eigenvalue weighted by atomic mass is 10.1. The Balaban J connectivity index is 2.66. The zero-order chi connectivity index (χ0) is 16.3. The molecule has 2 N–H and O–H groups in total. The van der Waals surface area contributed by atoms with Crippen molar-refractivity contribution in [2.45, 2.75) is 13.8 Å². The molecule has 2 aromatic heterocycles. The van der Waals surface area contributed by atoms with Gasteiger partial charge in [-0.15, -0.1) is 0 Å². The first-order valence-electron chi connectivity index (χ1n) is 6.55. The number of nitrogens with zero attached hydrogens (tertiary/aromatic N) is 2. The molecule has 0 bridgehead atoms. The van der Waals surface area contributed by atoms with Crippen molar-refractivity contribution >= 4 is 23.0 Å². The number of esters is 1. The van der Waals surface area contributed by atoms with Gasteiger partial charge in [0.1, 0.15) is 11.3 Å². The second kappa shape index (κ2) is 6.25. The van der Waals surface area contributed by atoms with Gasteiger partial charge < -0.3 is 19.7 Å². The van der Waals surface area contributed by atoms with Crippen LogP contribution in [-0.4, -0.2) is 45.3 Å². The van der Waals surface area contributed by atoms with E-state index in [1.807, 2.05) is 0 Å². The fourth-order valence-corrected chi connectivity index (χ4v) is 1.87. The molecule has 2 heterocycles. The molecule has 8 heteroatoms. The van der Waals surface area contributed by atoms with Gasteiger partial charge in [-0.25, -0.2) is 19.6 Å². The fourth-order valence-electron chi connectivity index (χ4n) is 1.87. The van der Waals surface area contributed by atoms with Gasteiger partial charge in [-0.2, -0.15) is 0 Å². The molecule has 8 nitrogen and oxygen atoms in total. The zero-order valence-corrected chi connectivity index (χ0v) is 12.0. The highest BCUT2D eigenvalue weighted by Gasteiger charge is 2.21. The lowest BCUT2D eigenvalue weighted by molar-refractivity contribution is 0.0522. The first-order valence-corrected chi connectivity index (χ1v) is 6.55. The Morgan fingerprint density at radius 2 is 2.00 bits per heavy atom. The molecular weight excluding hydrogens is 292 g/mol. The summed E-state index contributed by atoms with van der Waals surface area (Å²) in [5, 5.41) is 19.4. The number of carbonyl (C=O) groups excluding carboxylic acids is 1. The molecule has 0 unspecified atom stereocenters. The molecule has 0 aromatic carbocycles. The van der Waals surface area contributed by atoms with Crippen LogP contribution in [0.1, 0.15) is 34.7 Å². The smallest absolute Gasteiger partial charge is 0.358 e. The fraction of sp³-hybridized carbons (Fsp3) is 0.286. The van der Waals surface area contributed by atoms with Gasteiger partial charge in [0.05, 0.1) is 18.6 Å². The van der Waals surface area contributed by atoms with Crippen LogP contribution in [-0.2, 0) is 4.74 Å². The Kier molecular flexibility index (Phi) is 4.40. The molecule has 0 amide bonds. The van der Waals surface area contributed by atoms with Gasteiger partial charge in [0.2, 0.25) is 0 Å². The number of aromatic nitrogens is 2. The first kappa shape index (κ1) is 15.5. The number of rotatable bonds is 5. The number of hydrogen-bond donors (Lipinski definition) is 2. The Bertz CT molecular complexity index is 744. The summed E-state index contributed by atoms with van der Waals surface area (Å²) in [6.45, 7) is 3.69. The van der Waals surface area contributed by atoms with Gasteiger partial charge in [0.15, 0.2) is 17.1 Å². The second-order valence-electron chi connectivity index (χ2n) is 4.19. The van der Waals surface area contributed by atoms with Crippen LogP contribution in [0.3, 0.4) is 0 Å². The molecule has 0 saturated carbocycles. The Morgan fingerprint density at radius 3 is 2.59 bits per heavy atom. The van der Waals surface area contributed by atoms with Crippen molar-refractivity contribution in [2.75, 3.05) is 13.2 Å². The number of carboxylic acid groups (broad SMARTS) is 1. The van der Waals surface area contributed by atoms with E-state index < -0.39 is 11.9 Å². The zero-order valence-electron chi connectivity index (χ0n) is 12.0.